The first-order valence-electron chi connectivity index (χ1n) is 6.74. The van der Waals surface area contributed by atoms with Gasteiger partial charge < -0.3 is 15.0 Å². The van der Waals surface area contributed by atoms with Crippen molar-refractivity contribution in [2.24, 2.45) is 0 Å². The van der Waals surface area contributed by atoms with Crippen molar-refractivity contribution in [1.82, 2.24) is 4.98 Å². The molecule has 2 rings (SSSR count). The normalized spacial score (nSPS) is 10.6. The van der Waals surface area contributed by atoms with Gasteiger partial charge >= 0.3 is 0 Å². The molecule has 0 fully saturated rings. The molecule has 21 heavy (non-hydrogen) atoms. The molecule has 0 saturated heterocycles. The number of benzene rings is 1. The second-order valence-electron chi connectivity index (χ2n) is 4.65. The van der Waals surface area contributed by atoms with E-state index in [-0.39, 0.29) is 11.5 Å². The Kier molecular flexibility index (Phi) is 5.38. The largest absolute Gasteiger partial charge is 0.491 e. The van der Waals surface area contributed by atoms with E-state index in [2.05, 4.69) is 26.2 Å². The molecule has 1 aromatic heterocycles. The molecule has 0 atom stereocenters. The van der Waals surface area contributed by atoms with Crippen molar-refractivity contribution >= 4 is 38.4 Å². The number of fused-ring (bicyclic) bond motifs is 1. The fourth-order valence-corrected chi connectivity index (χ4v) is 2.42. The molecule has 0 spiro atoms. The van der Waals surface area contributed by atoms with E-state index in [0.29, 0.717) is 23.6 Å². The highest BCUT2D eigenvalue weighted by Gasteiger charge is 2.11. The molecule has 5 nitrogen and oxygen atoms in total. The maximum absolute atomic E-state index is 11.4. The number of hydrogen-bond acceptors (Lipinski definition) is 3. The van der Waals surface area contributed by atoms with Crippen LogP contribution in [-0.2, 0) is 4.79 Å². The van der Waals surface area contributed by atoms with E-state index in [0.717, 1.165) is 23.6 Å². The summed E-state index contributed by atoms with van der Waals surface area (Å²) in [7, 11) is 0. The van der Waals surface area contributed by atoms with Crippen molar-refractivity contribution < 1.29 is 9.53 Å². The number of H-pyrrole nitrogens is 1. The van der Waals surface area contributed by atoms with Gasteiger partial charge in [-0.1, -0.05) is 15.9 Å². The Bertz CT molecular complexity index is 697. The first-order chi connectivity index (χ1) is 10.1. The monoisotopic (exact) mass is 352 g/mol. The Balaban J connectivity index is 2.36. The molecule has 0 bridgehead atoms. The summed E-state index contributed by atoms with van der Waals surface area (Å²) in [6.07, 6.45) is 1.95. The third-order valence-electron chi connectivity index (χ3n) is 2.95. The summed E-state index contributed by atoms with van der Waals surface area (Å²) in [5, 5.41) is 4.47. The van der Waals surface area contributed by atoms with Crippen LogP contribution >= 0.6 is 15.9 Å². The van der Waals surface area contributed by atoms with E-state index < -0.39 is 0 Å². The topological polar surface area (TPSA) is 71.2 Å². The molecule has 0 unspecified atom stereocenters. The second-order valence-corrected chi connectivity index (χ2v) is 5.44. The quantitative estimate of drug-likeness (QED) is 0.619. The van der Waals surface area contributed by atoms with E-state index in [1.165, 1.54) is 13.0 Å². The van der Waals surface area contributed by atoms with Gasteiger partial charge in [0.05, 0.1) is 17.8 Å². The van der Waals surface area contributed by atoms with E-state index >= 15 is 0 Å². The number of carbonyl (C=O) groups is 1. The van der Waals surface area contributed by atoms with Gasteiger partial charge in [-0.05, 0) is 31.0 Å². The molecule has 2 N–H and O–H groups in total. The van der Waals surface area contributed by atoms with Gasteiger partial charge in [0.1, 0.15) is 5.75 Å². The first-order valence-corrected chi connectivity index (χ1v) is 7.86. The molecular formula is C15H17BrN2O3. The van der Waals surface area contributed by atoms with Crippen molar-refractivity contribution in [2.75, 3.05) is 17.3 Å². The van der Waals surface area contributed by atoms with Crippen LogP contribution < -0.4 is 15.6 Å². The van der Waals surface area contributed by atoms with Crippen molar-refractivity contribution in [3.05, 3.63) is 34.6 Å². The Morgan fingerprint density at radius 2 is 2.10 bits per heavy atom. The zero-order valence-corrected chi connectivity index (χ0v) is 13.3. The summed E-state index contributed by atoms with van der Waals surface area (Å²) in [6.45, 7) is 2.02. The minimum Gasteiger partial charge on any atom is -0.491 e. The number of alkyl halides is 1. The van der Waals surface area contributed by atoms with Crippen molar-refractivity contribution in [3.8, 4) is 5.75 Å². The zero-order valence-electron chi connectivity index (χ0n) is 11.7. The number of anilines is 1. The lowest BCUT2D eigenvalue weighted by Crippen LogP contribution is -2.10. The molecular weight excluding hydrogens is 336 g/mol. The highest BCUT2D eigenvalue weighted by atomic mass is 79.9. The van der Waals surface area contributed by atoms with Crippen LogP contribution in [0.15, 0.2) is 29.1 Å². The van der Waals surface area contributed by atoms with Gasteiger partial charge in [0.25, 0.3) is 0 Å². The molecule has 0 aliphatic heterocycles. The average molecular weight is 353 g/mol. The van der Waals surface area contributed by atoms with Gasteiger partial charge in [0.2, 0.25) is 11.5 Å². The number of ether oxygens (including phenoxy) is 1. The summed E-state index contributed by atoms with van der Waals surface area (Å²) in [5.41, 5.74) is 1.08. The molecule has 0 saturated carbocycles. The predicted molar refractivity (Wildman–Crippen MR) is 87.4 cm³/mol. The number of nitrogens with one attached hydrogen (secondary N) is 2. The molecule has 2 aromatic rings. The number of unbranched alkanes of at least 4 members (excludes halogenated alkanes) is 1. The lowest BCUT2D eigenvalue weighted by molar-refractivity contribution is -0.114. The van der Waals surface area contributed by atoms with Crippen LogP contribution in [-0.4, -0.2) is 22.8 Å². The Hall–Kier alpha value is -1.82. The molecule has 1 aromatic carbocycles. The highest BCUT2D eigenvalue weighted by molar-refractivity contribution is 9.09. The van der Waals surface area contributed by atoms with Gasteiger partial charge in [-0.15, -0.1) is 0 Å². The zero-order chi connectivity index (χ0) is 15.2. The van der Waals surface area contributed by atoms with Gasteiger partial charge in [0.15, 0.2) is 0 Å². The molecule has 0 aliphatic rings. The molecule has 1 amide bonds. The number of aromatic nitrogens is 1. The maximum Gasteiger partial charge on any atom is 0.248 e. The number of halogens is 1. The smallest absolute Gasteiger partial charge is 0.248 e. The van der Waals surface area contributed by atoms with E-state index in [1.807, 2.05) is 0 Å². The van der Waals surface area contributed by atoms with Crippen LogP contribution in [0.4, 0.5) is 5.69 Å². The lowest BCUT2D eigenvalue weighted by atomic mass is 10.1. The number of amides is 1. The Morgan fingerprint density at radius 1 is 1.29 bits per heavy atom. The number of aromatic amines is 1. The molecule has 0 aliphatic carbocycles. The summed E-state index contributed by atoms with van der Waals surface area (Å²) in [4.78, 5) is 25.5. The maximum atomic E-state index is 11.4. The summed E-state index contributed by atoms with van der Waals surface area (Å²) >= 11 is 3.38. The minimum absolute atomic E-state index is 0.178. The van der Waals surface area contributed by atoms with Gasteiger partial charge in [0, 0.05) is 23.7 Å². The number of carbonyl (C=O) groups excluding carboxylic acids is 1. The number of hydrogen-bond donors (Lipinski definition) is 2. The standard InChI is InChI=1S/C15H17BrN2O3/c1-10(19)17-15-11-4-7-14(20)18-12(11)5-6-13(15)21-9-3-2-8-16/h4-7H,2-3,8-9H2,1H3,(H,17,19)(H,18,20). The van der Waals surface area contributed by atoms with Crippen LogP contribution in [0, 0.1) is 0 Å². The van der Waals surface area contributed by atoms with Crippen molar-refractivity contribution in [3.63, 3.8) is 0 Å². The van der Waals surface area contributed by atoms with Crippen LogP contribution in [0.5, 0.6) is 5.75 Å². The molecule has 1 heterocycles. The second kappa shape index (κ2) is 7.26. The van der Waals surface area contributed by atoms with Gasteiger partial charge in [-0.25, -0.2) is 0 Å². The van der Waals surface area contributed by atoms with E-state index in [9.17, 15) is 9.59 Å². The fraction of sp³-hybridized carbons (Fsp3) is 0.333. The van der Waals surface area contributed by atoms with E-state index in [4.69, 9.17) is 4.74 Å². The number of pyridine rings is 1. The van der Waals surface area contributed by atoms with Crippen molar-refractivity contribution in [2.45, 2.75) is 19.8 Å². The van der Waals surface area contributed by atoms with Crippen LogP contribution in [0.25, 0.3) is 10.9 Å². The number of rotatable bonds is 6. The fourth-order valence-electron chi connectivity index (χ4n) is 2.02. The van der Waals surface area contributed by atoms with Crippen LogP contribution in [0.1, 0.15) is 19.8 Å². The Morgan fingerprint density at radius 3 is 2.81 bits per heavy atom. The third-order valence-corrected chi connectivity index (χ3v) is 3.51. The van der Waals surface area contributed by atoms with Crippen molar-refractivity contribution in [1.29, 1.82) is 0 Å². The van der Waals surface area contributed by atoms with E-state index in [1.54, 1.807) is 18.2 Å². The first kappa shape index (κ1) is 15.6. The van der Waals surface area contributed by atoms with Gasteiger partial charge in [-0.3, -0.25) is 9.59 Å². The van der Waals surface area contributed by atoms with Crippen LogP contribution in [0.2, 0.25) is 0 Å². The minimum atomic E-state index is -0.181. The highest BCUT2D eigenvalue weighted by Crippen LogP contribution is 2.32. The molecule has 0 radical (unpaired) electrons. The Labute approximate surface area is 130 Å². The average Bonchev–Trinajstić information content (AvgIpc) is 2.44. The third kappa shape index (κ3) is 4.07. The molecule has 6 heteroatoms. The summed E-state index contributed by atoms with van der Waals surface area (Å²) in [5.74, 6) is 0.429. The lowest BCUT2D eigenvalue weighted by Gasteiger charge is -2.14. The van der Waals surface area contributed by atoms with Gasteiger partial charge in [-0.2, -0.15) is 0 Å². The summed E-state index contributed by atoms with van der Waals surface area (Å²) in [6, 6.07) is 6.66. The van der Waals surface area contributed by atoms with Crippen LogP contribution in [0.3, 0.4) is 0 Å². The SMILES string of the molecule is CC(=O)Nc1c(OCCCCBr)ccc2[nH]c(=O)ccc12. The predicted octanol–water partition coefficient (Wildman–Crippen LogP) is 3.04. The molecule has 112 valence electrons. The summed E-state index contributed by atoms with van der Waals surface area (Å²) < 4.78 is 5.75.